The minimum atomic E-state index is 0.145. The van der Waals surface area contributed by atoms with Crippen molar-refractivity contribution in [1.29, 1.82) is 0 Å². The van der Waals surface area contributed by atoms with E-state index in [1.54, 1.807) is 0 Å². The van der Waals surface area contributed by atoms with Crippen molar-refractivity contribution in [3.8, 4) is 0 Å². The molecule has 1 aliphatic rings. The molecule has 4 nitrogen and oxygen atoms in total. The number of hydrogen-bond donors (Lipinski definition) is 0. The van der Waals surface area contributed by atoms with E-state index >= 15 is 0 Å². The maximum Gasteiger partial charge on any atom is 0.263 e. The molecule has 0 radical (unpaired) electrons. The van der Waals surface area contributed by atoms with Gasteiger partial charge in [0.2, 0.25) is 0 Å². The van der Waals surface area contributed by atoms with Crippen LogP contribution in [0.3, 0.4) is 0 Å². The Balaban J connectivity index is 1.64. The summed E-state index contributed by atoms with van der Waals surface area (Å²) in [7, 11) is 1.91. The van der Waals surface area contributed by atoms with Crippen LogP contribution in [0, 0.1) is 12.8 Å². The van der Waals surface area contributed by atoms with Gasteiger partial charge in [-0.3, -0.25) is 4.79 Å². The van der Waals surface area contributed by atoms with Gasteiger partial charge in [0.15, 0.2) is 0 Å². The van der Waals surface area contributed by atoms with Crippen LogP contribution < -0.4 is 0 Å². The van der Waals surface area contributed by atoms with Gasteiger partial charge in [0.1, 0.15) is 5.82 Å². The molecule has 0 spiro atoms. The number of aromatic nitrogens is 2. The summed E-state index contributed by atoms with van der Waals surface area (Å²) in [6.07, 6.45) is 5.98. The van der Waals surface area contributed by atoms with E-state index in [-0.39, 0.29) is 5.91 Å². The van der Waals surface area contributed by atoms with Crippen molar-refractivity contribution in [2.45, 2.75) is 26.3 Å². The molecule has 1 atom stereocenters. The Labute approximate surface area is 123 Å². The summed E-state index contributed by atoms with van der Waals surface area (Å²) in [5, 5.41) is 1.98. The number of nitrogens with zero attached hydrogens (tertiary/aromatic N) is 3. The highest BCUT2D eigenvalue weighted by molar-refractivity contribution is 7.12. The molecule has 3 heterocycles. The molecule has 0 aliphatic carbocycles. The van der Waals surface area contributed by atoms with Crippen LogP contribution in [-0.2, 0) is 13.0 Å². The van der Waals surface area contributed by atoms with Gasteiger partial charge in [0.05, 0.1) is 4.88 Å². The van der Waals surface area contributed by atoms with E-state index in [9.17, 15) is 4.79 Å². The Hall–Kier alpha value is -1.62. The first-order valence-electron chi connectivity index (χ1n) is 6.94. The molecular formula is C15H19N3OS. The monoisotopic (exact) mass is 289 g/mol. The third-order valence-electron chi connectivity index (χ3n) is 3.99. The van der Waals surface area contributed by atoms with Crippen molar-refractivity contribution in [3.05, 3.63) is 40.1 Å². The van der Waals surface area contributed by atoms with Gasteiger partial charge in [0, 0.05) is 39.0 Å². The lowest BCUT2D eigenvalue weighted by Gasteiger charge is -2.27. The molecular weight excluding hydrogens is 270 g/mol. The Kier molecular flexibility index (Phi) is 3.61. The topological polar surface area (TPSA) is 38.1 Å². The second-order valence-electron chi connectivity index (χ2n) is 5.51. The fourth-order valence-electron chi connectivity index (χ4n) is 2.81. The van der Waals surface area contributed by atoms with Crippen LogP contribution in [-0.4, -0.2) is 34.0 Å². The summed E-state index contributed by atoms with van der Waals surface area (Å²) in [4.78, 5) is 19.5. The fourth-order valence-corrected chi connectivity index (χ4v) is 3.73. The summed E-state index contributed by atoms with van der Waals surface area (Å²) < 4.78 is 2.21. The highest BCUT2D eigenvalue weighted by Crippen LogP contribution is 2.22. The zero-order valence-corrected chi connectivity index (χ0v) is 12.7. The lowest BCUT2D eigenvalue weighted by molar-refractivity contribution is 0.0768. The van der Waals surface area contributed by atoms with Gasteiger partial charge in [-0.1, -0.05) is 0 Å². The van der Waals surface area contributed by atoms with Gasteiger partial charge in [-0.05, 0) is 36.3 Å². The second kappa shape index (κ2) is 5.40. The van der Waals surface area contributed by atoms with Crippen molar-refractivity contribution < 1.29 is 4.79 Å². The number of amides is 1. The van der Waals surface area contributed by atoms with Crippen molar-refractivity contribution in [3.63, 3.8) is 0 Å². The number of hydrogen-bond acceptors (Lipinski definition) is 3. The van der Waals surface area contributed by atoms with Gasteiger partial charge in [-0.2, -0.15) is 0 Å². The number of imidazole rings is 1. The van der Waals surface area contributed by atoms with Crippen LogP contribution in [0.4, 0.5) is 0 Å². The van der Waals surface area contributed by atoms with Gasteiger partial charge in [-0.15, -0.1) is 11.3 Å². The maximum absolute atomic E-state index is 12.4. The third-order valence-corrected chi connectivity index (χ3v) is 4.99. The number of aryl methyl sites for hydroxylation is 2. The van der Waals surface area contributed by atoms with E-state index in [1.807, 2.05) is 42.7 Å². The predicted molar refractivity (Wildman–Crippen MR) is 80.1 cm³/mol. The average Bonchev–Trinajstić information content (AvgIpc) is 3.05. The molecule has 5 heteroatoms. The van der Waals surface area contributed by atoms with E-state index in [2.05, 4.69) is 9.55 Å². The van der Waals surface area contributed by atoms with Crippen molar-refractivity contribution in [1.82, 2.24) is 14.5 Å². The van der Waals surface area contributed by atoms with Crippen LogP contribution >= 0.6 is 11.3 Å². The zero-order valence-electron chi connectivity index (χ0n) is 11.9. The van der Waals surface area contributed by atoms with E-state index in [4.69, 9.17) is 0 Å². The highest BCUT2D eigenvalue weighted by Gasteiger charge is 2.23. The van der Waals surface area contributed by atoms with Crippen LogP contribution in [0.15, 0.2) is 23.8 Å². The molecule has 0 N–H and O–H groups in total. The number of fused-ring (bicyclic) bond motifs is 1. The predicted octanol–water partition coefficient (Wildman–Crippen LogP) is 2.59. The van der Waals surface area contributed by atoms with E-state index < -0.39 is 0 Å². The first-order chi connectivity index (χ1) is 9.65. The quantitative estimate of drug-likeness (QED) is 0.871. The second-order valence-corrected chi connectivity index (χ2v) is 6.43. The van der Waals surface area contributed by atoms with E-state index in [0.717, 1.165) is 42.2 Å². The standard InChI is InChI=1S/C15H19N3OS/c1-11-4-8-20-14(11)15(19)17(2)10-12-3-6-18-7-5-16-13(18)9-12/h4-5,7-8,12H,3,6,9-10H2,1-2H3/t12-/m0/s1. The molecule has 1 aliphatic heterocycles. The largest absolute Gasteiger partial charge is 0.341 e. The first kappa shape index (κ1) is 13.4. The highest BCUT2D eigenvalue weighted by atomic mass is 32.1. The van der Waals surface area contributed by atoms with Crippen molar-refractivity contribution >= 4 is 17.2 Å². The summed E-state index contributed by atoms with van der Waals surface area (Å²) in [5.41, 5.74) is 1.08. The molecule has 0 fully saturated rings. The Morgan fingerprint density at radius 1 is 1.60 bits per heavy atom. The summed E-state index contributed by atoms with van der Waals surface area (Å²) in [6, 6.07) is 2.00. The molecule has 106 valence electrons. The van der Waals surface area contributed by atoms with Gasteiger partial charge >= 0.3 is 0 Å². The van der Waals surface area contributed by atoms with Crippen LogP contribution in [0.25, 0.3) is 0 Å². The number of carbonyl (C=O) groups is 1. The number of carbonyl (C=O) groups excluding carboxylic acids is 1. The molecule has 0 bridgehead atoms. The van der Waals surface area contributed by atoms with Crippen molar-refractivity contribution in [2.75, 3.05) is 13.6 Å². The zero-order chi connectivity index (χ0) is 14.1. The van der Waals surface area contributed by atoms with Crippen LogP contribution in [0.5, 0.6) is 0 Å². The molecule has 2 aromatic rings. The average molecular weight is 289 g/mol. The summed E-state index contributed by atoms with van der Waals surface area (Å²) in [5.74, 6) is 1.81. The minimum absolute atomic E-state index is 0.145. The summed E-state index contributed by atoms with van der Waals surface area (Å²) >= 11 is 1.53. The molecule has 1 amide bonds. The van der Waals surface area contributed by atoms with Crippen molar-refractivity contribution in [2.24, 2.45) is 5.92 Å². The smallest absolute Gasteiger partial charge is 0.263 e. The Morgan fingerprint density at radius 3 is 3.20 bits per heavy atom. The third kappa shape index (κ3) is 2.50. The number of thiophene rings is 1. The van der Waals surface area contributed by atoms with Gasteiger partial charge in [-0.25, -0.2) is 4.98 Å². The Morgan fingerprint density at radius 2 is 2.45 bits per heavy atom. The molecule has 0 saturated carbocycles. The number of rotatable bonds is 3. The van der Waals surface area contributed by atoms with E-state index in [0.29, 0.717) is 5.92 Å². The fraction of sp³-hybridized carbons (Fsp3) is 0.467. The van der Waals surface area contributed by atoms with Gasteiger partial charge in [0.25, 0.3) is 5.91 Å². The molecule has 0 aromatic carbocycles. The van der Waals surface area contributed by atoms with Crippen LogP contribution in [0.2, 0.25) is 0 Å². The first-order valence-corrected chi connectivity index (χ1v) is 7.82. The molecule has 0 saturated heterocycles. The summed E-state index contributed by atoms with van der Waals surface area (Å²) in [6.45, 7) is 3.82. The molecule has 0 unspecified atom stereocenters. The SMILES string of the molecule is Cc1ccsc1C(=O)N(C)C[C@H]1CCn2ccnc2C1. The molecule has 3 rings (SSSR count). The lowest BCUT2D eigenvalue weighted by Crippen LogP contribution is -2.34. The molecule has 20 heavy (non-hydrogen) atoms. The minimum Gasteiger partial charge on any atom is -0.341 e. The molecule has 2 aromatic heterocycles. The lowest BCUT2D eigenvalue weighted by atomic mass is 9.97. The van der Waals surface area contributed by atoms with Crippen LogP contribution in [0.1, 0.15) is 27.5 Å². The maximum atomic E-state index is 12.4. The normalized spacial score (nSPS) is 17.8. The van der Waals surface area contributed by atoms with E-state index in [1.165, 1.54) is 11.3 Å². The Bertz CT molecular complexity index is 616. The van der Waals surface area contributed by atoms with Gasteiger partial charge < -0.3 is 9.47 Å².